The zero-order valence-electron chi connectivity index (χ0n) is 11.6. The molecule has 18 heavy (non-hydrogen) atoms. The monoisotopic (exact) mass is 316 g/mol. The van der Waals surface area contributed by atoms with Crippen LogP contribution in [0.1, 0.15) is 46.0 Å². The van der Waals surface area contributed by atoms with Gasteiger partial charge in [0.15, 0.2) is 6.29 Å². The van der Waals surface area contributed by atoms with Crippen molar-refractivity contribution in [3.8, 4) is 0 Å². The number of rotatable bonds is 7. The van der Waals surface area contributed by atoms with Gasteiger partial charge < -0.3 is 9.47 Å². The minimum Gasteiger partial charge on any atom is -0.353 e. The van der Waals surface area contributed by atoms with Crippen LogP contribution >= 0.6 is 15.9 Å². The molecule has 3 heteroatoms. The maximum atomic E-state index is 5.68. The highest BCUT2D eigenvalue weighted by molar-refractivity contribution is 9.09. The second kappa shape index (κ2) is 9.76. The molecule has 1 atom stereocenters. The van der Waals surface area contributed by atoms with Gasteiger partial charge >= 0.3 is 0 Å². The zero-order chi connectivity index (χ0) is 13.2. The van der Waals surface area contributed by atoms with Gasteiger partial charge in [0, 0.05) is 11.9 Å². The average Bonchev–Trinajstić information content (AvgIpc) is 2.39. The van der Waals surface area contributed by atoms with Gasteiger partial charge in [0.05, 0.1) is 6.61 Å². The summed E-state index contributed by atoms with van der Waals surface area (Å²) in [4.78, 5) is 0. The molecule has 1 heterocycles. The van der Waals surface area contributed by atoms with Crippen LogP contribution in [0.4, 0.5) is 0 Å². The molecule has 0 amide bonds. The molecule has 0 aliphatic carbocycles. The maximum Gasteiger partial charge on any atom is 0.157 e. The first-order valence-corrected chi connectivity index (χ1v) is 7.95. The lowest BCUT2D eigenvalue weighted by Crippen LogP contribution is -2.22. The van der Waals surface area contributed by atoms with E-state index in [1.165, 1.54) is 24.0 Å². The second-order valence-electron chi connectivity index (χ2n) is 4.90. The summed E-state index contributed by atoms with van der Waals surface area (Å²) in [6.07, 6.45) is 10.2. The van der Waals surface area contributed by atoms with Gasteiger partial charge in [0.1, 0.15) is 0 Å². The fourth-order valence-electron chi connectivity index (χ4n) is 1.84. The molecule has 1 unspecified atom stereocenters. The number of ether oxygens (including phenoxy) is 2. The molecule has 0 N–H and O–H groups in total. The fraction of sp³-hybridized carbons (Fsp3) is 0.733. The maximum absolute atomic E-state index is 5.68. The summed E-state index contributed by atoms with van der Waals surface area (Å²) >= 11 is 3.45. The van der Waals surface area contributed by atoms with Gasteiger partial charge in [-0.1, -0.05) is 39.2 Å². The minimum absolute atomic E-state index is 0.0262. The van der Waals surface area contributed by atoms with E-state index in [2.05, 4.69) is 41.9 Å². The largest absolute Gasteiger partial charge is 0.353 e. The molecule has 0 aromatic rings. The first-order chi connectivity index (χ1) is 8.72. The smallest absolute Gasteiger partial charge is 0.157 e. The van der Waals surface area contributed by atoms with E-state index < -0.39 is 0 Å². The van der Waals surface area contributed by atoms with Crippen molar-refractivity contribution in [2.45, 2.75) is 52.2 Å². The standard InChI is InChI=1S/C15H25BrO2/c1-13(6-5-7-14(2)12-16)9-11-18-15-8-3-4-10-17-15/h7,9,15H,3-6,8,10-12H2,1-2H3/b13-9+,14-7+. The highest BCUT2D eigenvalue weighted by Crippen LogP contribution is 2.14. The number of hydrogen-bond acceptors (Lipinski definition) is 2. The van der Waals surface area contributed by atoms with E-state index in [9.17, 15) is 0 Å². The van der Waals surface area contributed by atoms with Gasteiger partial charge in [0.25, 0.3) is 0 Å². The summed E-state index contributed by atoms with van der Waals surface area (Å²) in [6, 6.07) is 0. The molecule has 2 nitrogen and oxygen atoms in total. The Balaban J connectivity index is 2.12. The van der Waals surface area contributed by atoms with Crippen molar-refractivity contribution < 1.29 is 9.47 Å². The molecular weight excluding hydrogens is 292 g/mol. The van der Waals surface area contributed by atoms with Crippen molar-refractivity contribution in [3.05, 3.63) is 23.3 Å². The van der Waals surface area contributed by atoms with Crippen LogP contribution in [0.15, 0.2) is 23.3 Å². The van der Waals surface area contributed by atoms with Gasteiger partial charge in [-0.05, 0) is 46.0 Å². The van der Waals surface area contributed by atoms with Crippen LogP contribution in [0, 0.1) is 0 Å². The van der Waals surface area contributed by atoms with E-state index in [1.54, 1.807) is 0 Å². The van der Waals surface area contributed by atoms with Crippen molar-refractivity contribution in [3.63, 3.8) is 0 Å². The van der Waals surface area contributed by atoms with Crippen LogP contribution in [-0.2, 0) is 9.47 Å². The van der Waals surface area contributed by atoms with E-state index >= 15 is 0 Å². The first kappa shape index (κ1) is 15.9. The summed E-state index contributed by atoms with van der Waals surface area (Å²) in [6.45, 7) is 5.85. The lowest BCUT2D eigenvalue weighted by atomic mass is 10.1. The molecule has 0 aromatic heterocycles. The Hall–Kier alpha value is -0.120. The third-order valence-corrected chi connectivity index (χ3v) is 3.98. The van der Waals surface area contributed by atoms with E-state index in [1.807, 2.05) is 0 Å². The third kappa shape index (κ3) is 7.34. The molecule has 0 spiro atoms. The van der Waals surface area contributed by atoms with Crippen molar-refractivity contribution >= 4 is 15.9 Å². The van der Waals surface area contributed by atoms with Crippen molar-refractivity contribution in [2.24, 2.45) is 0 Å². The van der Waals surface area contributed by atoms with Crippen LogP contribution in [0.5, 0.6) is 0 Å². The predicted octanol–water partition coefficient (Wildman–Crippen LogP) is 4.60. The van der Waals surface area contributed by atoms with E-state index in [-0.39, 0.29) is 6.29 Å². The highest BCUT2D eigenvalue weighted by Gasteiger charge is 2.12. The quantitative estimate of drug-likeness (QED) is 0.505. The molecule has 1 aliphatic rings. The number of allylic oxidation sites excluding steroid dienone is 3. The topological polar surface area (TPSA) is 18.5 Å². The lowest BCUT2D eigenvalue weighted by molar-refractivity contribution is -0.155. The Kier molecular flexibility index (Phi) is 8.64. The predicted molar refractivity (Wildman–Crippen MR) is 80.1 cm³/mol. The highest BCUT2D eigenvalue weighted by atomic mass is 79.9. The Morgan fingerprint density at radius 3 is 2.78 bits per heavy atom. The molecule has 0 bridgehead atoms. The summed E-state index contributed by atoms with van der Waals surface area (Å²) < 4.78 is 11.2. The second-order valence-corrected chi connectivity index (χ2v) is 5.46. The third-order valence-electron chi connectivity index (χ3n) is 3.09. The average molecular weight is 317 g/mol. The summed E-state index contributed by atoms with van der Waals surface area (Å²) in [5, 5.41) is 0.970. The molecule has 0 saturated carbocycles. The van der Waals surface area contributed by atoms with E-state index in [4.69, 9.17) is 9.47 Å². The zero-order valence-corrected chi connectivity index (χ0v) is 13.2. The summed E-state index contributed by atoms with van der Waals surface area (Å²) in [5.41, 5.74) is 2.79. The van der Waals surface area contributed by atoms with Gasteiger partial charge in [-0.2, -0.15) is 0 Å². The van der Waals surface area contributed by atoms with Gasteiger partial charge in [0.2, 0.25) is 0 Å². The normalized spacial score (nSPS) is 22.3. The van der Waals surface area contributed by atoms with Crippen LogP contribution in [0.2, 0.25) is 0 Å². The summed E-state index contributed by atoms with van der Waals surface area (Å²) in [7, 11) is 0. The van der Waals surface area contributed by atoms with Gasteiger partial charge in [-0.15, -0.1) is 0 Å². The van der Waals surface area contributed by atoms with Crippen LogP contribution in [-0.4, -0.2) is 24.8 Å². The van der Waals surface area contributed by atoms with Gasteiger partial charge in [-0.25, -0.2) is 0 Å². The number of halogens is 1. The van der Waals surface area contributed by atoms with E-state index in [0.29, 0.717) is 6.61 Å². The Morgan fingerprint density at radius 1 is 1.28 bits per heavy atom. The molecule has 0 aromatic carbocycles. The minimum atomic E-state index is 0.0262. The summed E-state index contributed by atoms with van der Waals surface area (Å²) in [5.74, 6) is 0. The molecule has 1 aliphatic heterocycles. The Labute approximate surface area is 120 Å². The molecular formula is C15H25BrO2. The van der Waals surface area contributed by atoms with E-state index in [0.717, 1.165) is 31.2 Å². The Morgan fingerprint density at radius 2 is 2.11 bits per heavy atom. The van der Waals surface area contributed by atoms with Crippen molar-refractivity contribution in [1.82, 2.24) is 0 Å². The van der Waals surface area contributed by atoms with Crippen LogP contribution in [0.25, 0.3) is 0 Å². The molecule has 1 rings (SSSR count). The Bertz CT molecular complexity index is 278. The molecule has 1 fully saturated rings. The van der Waals surface area contributed by atoms with Crippen molar-refractivity contribution in [2.75, 3.05) is 18.5 Å². The molecule has 0 radical (unpaired) electrons. The SMILES string of the molecule is C/C(=C\CC/C(C)=C/COC1CCCCO1)CBr. The van der Waals surface area contributed by atoms with Gasteiger partial charge in [-0.3, -0.25) is 0 Å². The lowest BCUT2D eigenvalue weighted by Gasteiger charge is -2.22. The van der Waals surface area contributed by atoms with Crippen LogP contribution in [0.3, 0.4) is 0 Å². The number of alkyl halides is 1. The number of hydrogen-bond donors (Lipinski definition) is 0. The fourth-order valence-corrected chi connectivity index (χ4v) is 2.07. The molecule has 104 valence electrons. The van der Waals surface area contributed by atoms with Crippen molar-refractivity contribution in [1.29, 1.82) is 0 Å². The molecule has 1 saturated heterocycles. The van der Waals surface area contributed by atoms with Crippen LogP contribution < -0.4 is 0 Å². The first-order valence-electron chi connectivity index (χ1n) is 6.83.